The minimum Gasteiger partial charge on any atom is -0.253 e. The molecule has 0 saturated carbocycles. The van der Waals surface area contributed by atoms with Crippen molar-refractivity contribution in [2.24, 2.45) is 0 Å². The molecule has 0 atom stereocenters. The molecule has 0 aliphatic carbocycles. The molecule has 0 aliphatic heterocycles. The first-order valence-corrected chi connectivity index (χ1v) is 6.48. The maximum absolute atomic E-state index is 4.70. The van der Waals surface area contributed by atoms with E-state index in [0.29, 0.717) is 5.82 Å². The molecule has 0 radical (unpaired) electrons. The van der Waals surface area contributed by atoms with Crippen molar-refractivity contribution in [3.05, 3.63) is 67.0 Å². The Hall–Kier alpha value is -2.81. The molecule has 3 heteroatoms. The summed E-state index contributed by atoms with van der Waals surface area (Å²) in [6.07, 6.45) is 3.62. The van der Waals surface area contributed by atoms with Crippen LogP contribution in [0.2, 0.25) is 0 Å². The van der Waals surface area contributed by atoms with Crippen LogP contribution in [0.5, 0.6) is 0 Å². The highest BCUT2D eigenvalue weighted by Gasteiger charge is 2.06. The van der Waals surface area contributed by atoms with E-state index in [4.69, 9.17) is 4.98 Å². The highest BCUT2D eigenvalue weighted by atomic mass is 14.9. The smallest absolute Gasteiger partial charge is 0.178 e. The van der Waals surface area contributed by atoms with Crippen LogP contribution in [0.25, 0.3) is 33.2 Å². The Labute approximate surface area is 116 Å². The summed E-state index contributed by atoms with van der Waals surface area (Å²) >= 11 is 0. The van der Waals surface area contributed by atoms with Gasteiger partial charge < -0.3 is 0 Å². The molecule has 3 nitrogen and oxygen atoms in total. The van der Waals surface area contributed by atoms with Gasteiger partial charge in [0.2, 0.25) is 0 Å². The minimum absolute atomic E-state index is 0.662. The van der Waals surface area contributed by atoms with Crippen molar-refractivity contribution in [3.63, 3.8) is 0 Å². The molecule has 0 fully saturated rings. The molecule has 0 amide bonds. The van der Waals surface area contributed by atoms with Crippen LogP contribution in [0.15, 0.2) is 67.0 Å². The molecule has 0 bridgehead atoms. The fourth-order valence-electron chi connectivity index (χ4n) is 2.38. The summed E-state index contributed by atoms with van der Waals surface area (Å²) in [6.45, 7) is 0. The monoisotopic (exact) mass is 257 g/mol. The Kier molecular flexibility index (Phi) is 2.42. The summed E-state index contributed by atoms with van der Waals surface area (Å²) in [6, 6.07) is 18.2. The van der Waals surface area contributed by atoms with Crippen molar-refractivity contribution in [2.75, 3.05) is 0 Å². The Morgan fingerprint density at radius 3 is 2.45 bits per heavy atom. The molecule has 94 valence electrons. The first kappa shape index (κ1) is 11.1. The lowest BCUT2D eigenvalue weighted by Crippen LogP contribution is -1.92. The third-order valence-electron chi connectivity index (χ3n) is 3.37. The van der Waals surface area contributed by atoms with Crippen LogP contribution >= 0.6 is 0 Å². The van der Waals surface area contributed by atoms with Gasteiger partial charge in [-0.05, 0) is 17.5 Å². The number of rotatable bonds is 1. The second-order valence-electron chi connectivity index (χ2n) is 4.63. The van der Waals surface area contributed by atoms with E-state index >= 15 is 0 Å². The van der Waals surface area contributed by atoms with Crippen molar-refractivity contribution in [1.82, 2.24) is 15.0 Å². The third kappa shape index (κ3) is 1.72. The fraction of sp³-hybridized carbons (Fsp3) is 0. The van der Waals surface area contributed by atoms with E-state index in [0.717, 1.165) is 22.0 Å². The van der Waals surface area contributed by atoms with Crippen molar-refractivity contribution < 1.29 is 0 Å². The van der Waals surface area contributed by atoms with Gasteiger partial charge in [0, 0.05) is 23.2 Å². The number of pyridine rings is 1. The van der Waals surface area contributed by atoms with Gasteiger partial charge in [-0.2, -0.15) is 0 Å². The van der Waals surface area contributed by atoms with Crippen molar-refractivity contribution >= 4 is 21.7 Å². The van der Waals surface area contributed by atoms with Crippen LogP contribution in [0.3, 0.4) is 0 Å². The highest BCUT2D eigenvalue weighted by Crippen LogP contribution is 2.24. The van der Waals surface area contributed by atoms with Crippen molar-refractivity contribution in [1.29, 1.82) is 0 Å². The van der Waals surface area contributed by atoms with E-state index in [1.807, 2.05) is 36.5 Å². The predicted octanol–water partition coefficient (Wildman–Crippen LogP) is 3.85. The van der Waals surface area contributed by atoms with Gasteiger partial charge >= 0.3 is 0 Å². The summed E-state index contributed by atoms with van der Waals surface area (Å²) < 4.78 is 0. The molecule has 20 heavy (non-hydrogen) atoms. The SMILES string of the molecule is c1ccc(-c2ncc3ccc4ccccc4c3n2)nc1. The second kappa shape index (κ2) is 4.38. The Morgan fingerprint density at radius 1 is 0.700 bits per heavy atom. The van der Waals surface area contributed by atoms with Gasteiger partial charge in [0.05, 0.1) is 5.52 Å². The topological polar surface area (TPSA) is 38.7 Å². The van der Waals surface area contributed by atoms with Crippen molar-refractivity contribution in [3.8, 4) is 11.5 Å². The molecule has 0 aliphatic rings. The van der Waals surface area contributed by atoms with Gasteiger partial charge in [0.1, 0.15) is 5.69 Å². The first-order chi connectivity index (χ1) is 9.92. The van der Waals surface area contributed by atoms with E-state index in [-0.39, 0.29) is 0 Å². The Bertz CT molecular complexity index is 901. The molecule has 0 unspecified atom stereocenters. The zero-order valence-electron chi connectivity index (χ0n) is 10.7. The van der Waals surface area contributed by atoms with Crippen molar-refractivity contribution in [2.45, 2.75) is 0 Å². The largest absolute Gasteiger partial charge is 0.253 e. The average Bonchev–Trinajstić information content (AvgIpc) is 2.55. The van der Waals surface area contributed by atoms with Gasteiger partial charge in [-0.25, -0.2) is 9.97 Å². The summed E-state index contributed by atoms with van der Waals surface area (Å²) in [7, 11) is 0. The van der Waals surface area contributed by atoms with Gasteiger partial charge in [0.15, 0.2) is 5.82 Å². The molecule has 2 aromatic carbocycles. The van der Waals surface area contributed by atoms with Crippen LogP contribution in [0.1, 0.15) is 0 Å². The van der Waals surface area contributed by atoms with Crippen LogP contribution in [0, 0.1) is 0 Å². The lowest BCUT2D eigenvalue weighted by molar-refractivity contribution is 1.18. The molecule has 0 saturated heterocycles. The number of hydrogen-bond donors (Lipinski definition) is 0. The van der Waals surface area contributed by atoms with E-state index in [2.05, 4.69) is 34.2 Å². The number of nitrogens with zero attached hydrogens (tertiary/aromatic N) is 3. The van der Waals surface area contributed by atoms with Gasteiger partial charge in [0.25, 0.3) is 0 Å². The normalized spacial score (nSPS) is 11.0. The van der Waals surface area contributed by atoms with Crippen LogP contribution in [-0.4, -0.2) is 15.0 Å². The number of benzene rings is 2. The Morgan fingerprint density at radius 2 is 1.55 bits per heavy atom. The molecule has 2 aromatic heterocycles. The maximum Gasteiger partial charge on any atom is 0.178 e. The first-order valence-electron chi connectivity index (χ1n) is 6.48. The van der Waals surface area contributed by atoms with E-state index in [9.17, 15) is 0 Å². The van der Waals surface area contributed by atoms with Crippen LogP contribution in [-0.2, 0) is 0 Å². The quantitative estimate of drug-likeness (QED) is 0.486. The molecule has 4 rings (SSSR count). The molecule has 4 aromatic rings. The molecule has 0 spiro atoms. The lowest BCUT2D eigenvalue weighted by Gasteiger charge is -2.05. The zero-order chi connectivity index (χ0) is 13.4. The van der Waals surface area contributed by atoms with E-state index in [1.165, 1.54) is 5.39 Å². The predicted molar refractivity (Wildman–Crippen MR) is 80.3 cm³/mol. The third-order valence-corrected chi connectivity index (χ3v) is 3.37. The maximum atomic E-state index is 4.70. The fourth-order valence-corrected chi connectivity index (χ4v) is 2.38. The Balaban J connectivity index is 2.05. The average molecular weight is 257 g/mol. The number of aromatic nitrogens is 3. The molecular formula is C17H11N3. The van der Waals surface area contributed by atoms with Crippen LogP contribution in [0.4, 0.5) is 0 Å². The summed E-state index contributed by atoms with van der Waals surface area (Å²) in [4.78, 5) is 13.4. The highest BCUT2D eigenvalue weighted by molar-refractivity contribution is 6.05. The molecule has 2 heterocycles. The van der Waals surface area contributed by atoms with Gasteiger partial charge in [-0.3, -0.25) is 4.98 Å². The summed E-state index contributed by atoms with van der Waals surface area (Å²) in [5, 5.41) is 3.37. The summed E-state index contributed by atoms with van der Waals surface area (Å²) in [5.41, 5.74) is 1.76. The molecule has 0 N–H and O–H groups in total. The van der Waals surface area contributed by atoms with Crippen LogP contribution < -0.4 is 0 Å². The van der Waals surface area contributed by atoms with Gasteiger partial charge in [-0.1, -0.05) is 42.5 Å². The van der Waals surface area contributed by atoms with E-state index < -0.39 is 0 Å². The second-order valence-corrected chi connectivity index (χ2v) is 4.63. The van der Waals surface area contributed by atoms with Gasteiger partial charge in [-0.15, -0.1) is 0 Å². The number of hydrogen-bond acceptors (Lipinski definition) is 3. The molecular weight excluding hydrogens is 246 g/mol. The standard InChI is InChI=1S/C17H11N3/c1-2-6-14-12(5-1)8-9-13-11-19-17(20-16(13)14)15-7-3-4-10-18-15/h1-11H. The van der Waals surface area contributed by atoms with E-state index in [1.54, 1.807) is 6.20 Å². The lowest BCUT2D eigenvalue weighted by atomic mass is 10.1. The zero-order valence-corrected chi connectivity index (χ0v) is 10.7. The summed E-state index contributed by atoms with van der Waals surface area (Å²) in [5.74, 6) is 0.662. The number of fused-ring (bicyclic) bond motifs is 3. The minimum atomic E-state index is 0.662.